The number of aromatic nitrogens is 5. The van der Waals surface area contributed by atoms with Gasteiger partial charge in [0.15, 0.2) is 0 Å². The Morgan fingerprint density at radius 1 is 1.37 bits per heavy atom. The third kappa shape index (κ3) is 2.17. The molecular formula is C12H16N6O. The number of nitrogens with one attached hydrogen (secondary N) is 1. The summed E-state index contributed by atoms with van der Waals surface area (Å²) in [7, 11) is 0. The average molecular weight is 260 g/mol. The zero-order valence-electron chi connectivity index (χ0n) is 11.0. The molecule has 2 N–H and O–H groups in total. The summed E-state index contributed by atoms with van der Waals surface area (Å²) in [6.45, 7) is 5.02. The van der Waals surface area contributed by atoms with Crippen molar-refractivity contribution >= 4 is 5.82 Å². The molecule has 19 heavy (non-hydrogen) atoms. The highest BCUT2D eigenvalue weighted by molar-refractivity contribution is 5.42. The molecule has 0 saturated carbocycles. The van der Waals surface area contributed by atoms with E-state index in [1.54, 1.807) is 6.20 Å². The minimum atomic E-state index is -0.959. The maximum atomic E-state index is 10.6. The van der Waals surface area contributed by atoms with Crippen molar-refractivity contribution in [3.05, 3.63) is 29.5 Å². The van der Waals surface area contributed by atoms with Crippen molar-refractivity contribution in [3.8, 4) is 0 Å². The van der Waals surface area contributed by atoms with E-state index in [0.717, 1.165) is 23.9 Å². The number of nitrogens with zero attached hydrogens (tertiary/aromatic N) is 5. The standard InChI is InChI=1S/C12H16N6O/c1-8-5-11(15-9(2)14-8)18-4-3-12(19,7-18)10-6-13-17-16-10/h5-6,19H,3-4,7H2,1-2H3,(H,13,16,17). The second kappa shape index (κ2) is 4.27. The molecule has 0 aliphatic carbocycles. The average Bonchev–Trinajstić information content (AvgIpc) is 2.97. The lowest BCUT2D eigenvalue weighted by atomic mass is 10.0. The maximum Gasteiger partial charge on any atom is 0.132 e. The number of H-pyrrole nitrogens is 1. The van der Waals surface area contributed by atoms with Crippen molar-refractivity contribution in [1.82, 2.24) is 25.4 Å². The Labute approximate surface area is 110 Å². The zero-order valence-corrected chi connectivity index (χ0v) is 11.0. The van der Waals surface area contributed by atoms with Crippen LogP contribution in [-0.2, 0) is 5.60 Å². The summed E-state index contributed by atoms with van der Waals surface area (Å²) < 4.78 is 0. The van der Waals surface area contributed by atoms with Crippen LogP contribution in [0.5, 0.6) is 0 Å². The van der Waals surface area contributed by atoms with Gasteiger partial charge in [0.1, 0.15) is 22.9 Å². The Morgan fingerprint density at radius 2 is 2.21 bits per heavy atom. The first-order valence-electron chi connectivity index (χ1n) is 6.23. The van der Waals surface area contributed by atoms with E-state index in [4.69, 9.17) is 0 Å². The lowest BCUT2D eigenvalue weighted by Crippen LogP contribution is -2.31. The number of rotatable bonds is 2. The summed E-state index contributed by atoms with van der Waals surface area (Å²) >= 11 is 0. The van der Waals surface area contributed by atoms with Crippen molar-refractivity contribution in [1.29, 1.82) is 0 Å². The monoisotopic (exact) mass is 260 g/mol. The van der Waals surface area contributed by atoms with Crippen LogP contribution in [0.2, 0.25) is 0 Å². The first kappa shape index (κ1) is 12.0. The van der Waals surface area contributed by atoms with Gasteiger partial charge in [-0.2, -0.15) is 15.4 Å². The molecule has 1 saturated heterocycles. The number of aromatic amines is 1. The third-order valence-corrected chi connectivity index (χ3v) is 3.42. The molecule has 1 aliphatic heterocycles. The lowest BCUT2D eigenvalue weighted by molar-refractivity contribution is 0.0559. The Balaban J connectivity index is 1.86. The number of anilines is 1. The molecule has 1 aliphatic rings. The Morgan fingerprint density at radius 3 is 2.89 bits per heavy atom. The lowest BCUT2D eigenvalue weighted by Gasteiger charge is -2.22. The zero-order chi connectivity index (χ0) is 13.5. The van der Waals surface area contributed by atoms with Crippen molar-refractivity contribution < 1.29 is 5.11 Å². The third-order valence-electron chi connectivity index (χ3n) is 3.42. The van der Waals surface area contributed by atoms with Gasteiger partial charge >= 0.3 is 0 Å². The first-order chi connectivity index (χ1) is 9.07. The van der Waals surface area contributed by atoms with Gasteiger partial charge < -0.3 is 10.0 Å². The SMILES string of the molecule is Cc1cc(N2CCC(O)(c3cn[nH]n3)C2)nc(C)n1. The summed E-state index contributed by atoms with van der Waals surface area (Å²) in [5, 5.41) is 20.9. The van der Waals surface area contributed by atoms with Gasteiger partial charge in [0.25, 0.3) is 0 Å². The first-order valence-corrected chi connectivity index (χ1v) is 6.23. The number of aryl methyl sites for hydroxylation is 2. The molecule has 0 spiro atoms. The van der Waals surface area contributed by atoms with Gasteiger partial charge in [0.2, 0.25) is 0 Å². The fourth-order valence-electron chi connectivity index (χ4n) is 2.48. The molecule has 100 valence electrons. The van der Waals surface area contributed by atoms with Gasteiger partial charge in [0.05, 0.1) is 12.7 Å². The highest BCUT2D eigenvalue weighted by Crippen LogP contribution is 2.32. The van der Waals surface area contributed by atoms with Gasteiger partial charge in [0, 0.05) is 24.7 Å². The van der Waals surface area contributed by atoms with Crippen LogP contribution in [-0.4, -0.2) is 43.6 Å². The maximum absolute atomic E-state index is 10.6. The highest BCUT2D eigenvalue weighted by Gasteiger charge is 2.40. The highest BCUT2D eigenvalue weighted by atomic mass is 16.3. The van der Waals surface area contributed by atoms with Crippen LogP contribution >= 0.6 is 0 Å². The molecule has 2 aromatic rings. The fourth-order valence-corrected chi connectivity index (χ4v) is 2.48. The minimum absolute atomic E-state index is 0.468. The Hall–Kier alpha value is -2.02. The van der Waals surface area contributed by atoms with E-state index in [1.165, 1.54) is 0 Å². The molecule has 1 unspecified atom stereocenters. The molecule has 0 radical (unpaired) electrons. The van der Waals surface area contributed by atoms with Crippen molar-refractivity contribution in [3.63, 3.8) is 0 Å². The van der Waals surface area contributed by atoms with E-state index in [1.807, 2.05) is 19.9 Å². The molecule has 0 amide bonds. The van der Waals surface area contributed by atoms with Crippen LogP contribution < -0.4 is 4.90 Å². The smallest absolute Gasteiger partial charge is 0.132 e. The summed E-state index contributed by atoms with van der Waals surface area (Å²) in [6, 6.07) is 1.93. The molecule has 0 bridgehead atoms. The number of hydrogen-bond donors (Lipinski definition) is 2. The van der Waals surface area contributed by atoms with Crippen molar-refractivity contribution in [2.75, 3.05) is 18.0 Å². The van der Waals surface area contributed by atoms with E-state index in [9.17, 15) is 5.11 Å². The molecule has 1 atom stereocenters. The molecule has 3 rings (SSSR count). The van der Waals surface area contributed by atoms with Crippen LogP contribution in [0, 0.1) is 13.8 Å². The molecular weight excluding hydrogens is 244 g/mol. The van der Waals surface area contributed by atoms with E-state index in [2.05, 4.69) is 30.3 Å². The molecule has 1 fully saturated rings. The van der Waals surface area contributed by atoms with Gasteiger partial charge in [-0.1, -0.05) is 0 Å². The number of aliphatic hydroxyl groups is 1. The predicted octanol–water partition coefficient (Wildman–Crippen LogP) is 0.309. The minimum Gasteiger partial charge on any atom is -0.381 e. The molecule has 7 heteroatoms. The molecule has 3 heterocycles. The summed E-state index contributed by atoms with van der Waals surface area (Å²) in [5.41, 5.74) is 0.552. The quantitative estimate of drug-likeness (QED) is 0.807. The summed E-state index contributed by atoms with van der Waals surface area (Å²) in [4.78, 5) is 10.7. The Bertz CT molecular complexity index is 564. The van der Waals surface area contributed by atoms with Crippen molar-refractivity contribution in [2.24, 2.45) is 0 Å². The number of β-amino-alcohol motifs (C(OH)–C–C–N with tert-alkyl or cyclic N) is 1. The van der Waals surface area contributed by atoms with E-state index < -0.39 is 5.60 Å². The number of hydrogen-bond acceptors (Lipinski definition) is 6. The fraction of sp³-hybridized carbons (Fsp3) is 0.500. The van der Waals surface area contributed by atoms with Crippen molar-refractivity contribution in [2.45, 2.75) is 25.9 Å². The van der Waals surface area contributed by atoms with Crippen LogP contribution in [0.1, 0.15) is 23.6 Å². The molecule has 7 nitrogen and oxygen atoms in total. The summed E-state index contributed by atoms with van der Waals surface area (Å²) in [6.07, 6.45) is 2.18. The van der Waals surface area contributed by atoms with Crippen LogP contribution in [0.25, 0.3) is 0 Å². The van der Waals surface area contributed by atoms with Gasteiger partial charge in [-0.3, -0.25) is 0 Å². The van der Waals surface area contributed by atoms with Gasteiger partial charge in [-0.15, -0.1) is 0 Å². The van der Waals surface area contributed by atoms with Gasteiger partial charge in [-0.25, -0.2) is 9.97 Å². The van der Waals surface area contributed by atoms with E-state index in [0.29, 0.717) is 18.7 Å². The van der Waals surface area contributed by atoms with E-state index in [-0.39, 0.29) is 0 Å². The largest absolute Gasteiger partial charge is 0.381 e. The predicted molar refractivity (Wildman–Crippen MR) is 68.6 cm³/mol. The summed E-state index contributed by atoms with van der Waals surface area (Å²) in [5.74, 6) is 1.59. The second-order valence-electron chi connectivity index (χ2n) is 4.97. The second-order valence-corrected chi connectivity index (χ2v) is 4.97. The normalized spacial score (nSPS) is 23.0. The topological polar surface area (TPSA) is 90.8 Å². The molecule has 0 aromatic carbocycles. The molecule has 2 aromatic heterocycles. The van der Waals surface area contributed by atoms with Crippen LogP contribution in [0.4, 0.5) is 5.82 Å². The Kier molecular flexibility index (Phi) is 2.70. The van der Waals surface area contributed by atoms with Gasteiger partial charge in [-0.05, 0) is 13.8 Å². The van der Waals surface area contributed by atoms with Crippen LogP contribution in [0.3, 0.4) is 0 Å². The van der Waals surface area contributed by atoms with E-state index >= 15 is 0 Å². The van der Waals surface area contributed by atoms with Crippen LogP contribution in [0.15, 0.2) is 12.3 Å².